The van der Waals surface area contributed by atoms with E-state index in [0.717, 1.165) is 17.0 Å². The Morgan fingerprint density at radius 3 is 2.91 bits per heavy atom. The number of nitrogens with zero attached hydrogens (tertiary/aromatic N) is 1. The van der Waals surface area contributed by atoms with Crippen LogP contribution in [-0.4, -0.2) is 35.3 Å². The van der Waals surface area contributed by atoms with Gasteiger partial charge in [0, 0.05) is 22.9 Å². The van der Waals surface area contributed by atoms with E-state index >= 15 is 0 Å². The van der Waals surface area contributed by atoms with E-state index in [4.69, 9.17) is 4.74 Å². The molecule has 5 nitrogen and oxygen atoms in total. The van der Waals surface area contributed by atoms with Crippen molar-refractivity contribution < 1.29 is 14.3 Å². The Kier molecular flexibility index (Phi) is 4.71. The zero-order valence-electron chi connectivity index (χ0n) is 12.8. The molecule has 2 aromatic rings. The van der Waals surface area contributed by atoms with Gasteiger partial charge in [-0.15, -0.1) is 11.8 Å². The van der Waals surface area contributed by atoms with Crippen LogP contribution in [0.25, 0.3) is 0 Å². The minimum absolute atomic E-state index is 0.202. The van der Waals surface area contributed by atoms with Crippen molar-refractivity contribution in [3.8, 4) is 0 Å². The average molecular weight is 330 g/mol. The summed E-state index contributed by atoms with van der Waals surface area (Å²) in [5.41, 5.74) is 1.24. The maximum atomic E-state index is 12.5. The molecule has 2 heterocycles. The van der Waals surface area contributed by atoms with Gasteiger partial charge < -0.3 is 14.6 Å². The fourth-order valence-electron chi connectivity index (χ4n) is 2.49. The van der Waals surface area contributed by atoms with Crippen molar-refractivity contribution in [1.29, 1.82) is 0 Å². The molecule has 120 valence electrons. The Hall–Kier alpha value is -2.21. The molecule has 0 saturated carbocycles. The number of amides is 1. The summed E-state index contributed by atoms with van der Waals surface area (Å²) in [4.78, 5) is 29.9. The zero-order chi connectivity index (χ0) is 16.2. The minimum Gasteiger partial charge on any atom is -0.451 e. The van der Waals surface area contributed by atoms with E-state index < -0.39 is 5.97 Å². The lowest BCUT2D eigenvalue weighted by Gasteiger charge is -2.22. The summed E-state index contributed by atoms with van der Waals surface area (Å²) in [5, 5.41) is 0.440. The highest BCUT2D eigenvalue weighted by Crippen LogP contribution is 2.37. The fourth-order valence-corrected chi connectivity index (χ4v) is 3.60. The van der Waals surface area contributed by atoms with Gasteiger partial charge in [0.2, 0.25) is 0 Å². The molecule has 0 fully saturated rings. The van der Waals surface area contributed by atoms with Gasteiger partial charge in [-0.25, -0.2) is 4.79 Å². The molecule has 0 bridgehead atoms. The number of para-hydroxylation sites is 1. The number of rotatable bonds is 3. The molecule has 23 heavy (non-hydrogen) atoms. The van der Waals surface area contributed by atoms with Crippen LogP contribution in [0.2, 0.25) is 0 Å². The second-order valence-corrected chi connectivity index (χ2v) is 6.87. The van der Waals surface area contributed by atoms with Gasteiger partial charge in [-0.05, 0) is 30.7 Å². The number of nitrogens with one attached hydrogen (secondary N) is 1. The number of carbonyl (C=O) groups is 2. The van der Waals surface area contributed by atoms with Crippen LogP contribution < -0.4 is 4.90 Å². The molecule has 1 aromatic heterocycles. The molecule has 0 spiro atoms. The largest absolute Gasteiger partial charge is 0.451 e. The summed E-state index contributed by atoms with van der Waals surface area (Å²) < 4.78 is 5.12. The maximum absolute atomic E-state index is 12.5. The molecular formula is C17H18N2O3S. The number of benzene rings is 1. The van der Waals surface area contributed by atoms with Crippen LogP contribution >= 0.6 is 11.8 Å². The Morgan fingerprint density at radius 2 is 2.13 bits per heavy atom. The van der Waals surface area contributed by atoms with Crippen molar-refractivity contribution >= 4 is 29.3 Å². The lowest BCUT2D eigenvalue weighted by atomic mass is 10.2. The maximum Gasteiger partial charge on any atom is 0.355 e. The fraction of sp³-hybridized carbons (Fsp3) is 0.294. The van der Waals surface area contributed by atoms with Crippen LogP contribution in [-0.2, 0) is 9.53 Å². The predicted molar refractivity (Wildman–Crippen MR) is 89.8 cm³/mol. The Balaban J connectivity index is 1.70. The second kappa shape index (κ2) is 6.91. The lowest BCUT2D eigenvalue weighted by molar-refractivity contribution is -0.121. The van der Waals surface area contributed by atoms with Crippen LogP contribution in [0.3, 0.4) is 0 Å². The van der Waals surface area contributed by atoms with E-state index in [9.17, 15) is 9.59 Å². The monoisotopic (exact) mass is 330 g/mol. The molecule has 1 aliphatic rings. The molecule has 1 atom stereocenters. The first-order valence-corrected chi connectivity index (χ1v) is 8.39. The molecular weight excluding hydrogens is 312 g/mol. The summed E-state index contributed by atoms with van der Waals surface area (Å²) >= 11 is 1.77. The summed E-state index contributed by atoms with van der Waals surface area (Å²) in [6, 6.07) is 11.2. The number of carbonyl (C=O) groups excluding carboxylic acids is 2. The number of hydrogen-bond acceptors (Lipinski definition) is 4. The molecule has 1 amide bonds. The third kappa shape index (κ3) is 3.59. The summed E-state index contributed by atoms with van der Waals surface area (Å²) in [5.74, 6) is -0.721. The predicted octanol–water partition coefficient (Wildman–Crippen LogP) is 3.09. The number of aromatic amines is 1. The van der Waals surface area contributed by atoms with Crippen LogP contribution in [0.5, 0.6) is 0 Å². The number of aromatic nitrogens is 1. The molecule has 0 radical (unpaired) electrons. The summed E-state index contributed by atoms with van der Waals surface area (Å²) in [7, 11) is 0. The molecule has 6 heteroatoms. The average Bonchev–Trinajstić information content (AvgIpc) is 3.03. The van der Waals surface area contributed by atoms with Crippen molar-refractivity contribution in [3.05, 3.63) is 48.3 Å². The van der Waals surface area contributed by atoms with Crippen molar-refractivity contribution in [2.24, 2.45) is 0 Å². The zero-order valence-corrected chi connectivity index (χ0v) is 13.6. The number of thioether (sulfide) groups is 1. The van der Waals surface area contributed by atoms with Crippen molar-refractivity contribution in [3.63, 3.8) is 0 Å². The third-order valence-electron chi connectivity index (χ3n) is 3.69. The van der Waals surface area contributed by atoms with E-state index in [2.05, 4.69) is 11.9 Å². The van der Waals surface area contributed by atoms with Crippen LogP contribution in [0.4, 0.5) is 5.69 Å². The second-order valence-electron chi connectivity index (χ2n) is 5.39. The quantitative estimate of drug-likeness (QED) is 0.879. The van der Waals surface area contributed by atoms with Crippen LogP contribution in [0.1, 0.15) is 23.8 Å². The van der Waals surface area contributed by atoms with Gasteiger partial charge in [-0.1, -0.05) is 19.1 Å². The minimum atomic E-state index is -0.519. The highest BCUT2D eigenvalue weighted by Gasteiger charge is 2.25. The SMILES string of the molecule is C[C@@H]1CCN(C(=O)COC(=O)c2ccc[nH]2)c2ccccc2S1. The van der Waals surface area contributed by atoms with Crippen molar-refractivity contribution in [1.82, 2.24) is 4.98 Å². The topological polar surface area (TPSA) is 62.4 Å². The van der Waals surface area contributed by atoms with E-state index in [1.54, 1.807) is 35.0 Å². The summed E-state index contributed by atoms with van der Waals surface area (Å²) in [6.07, 6.45) is 2.54. The van der Waals surface area contributed by atoms with Gasteiger partial charge in [-0.3, -0.25) is 4.79 Å². The number of ether oxygens (including phenoxy) is 1. The number of fused-ring (bicyclic) bond motifs is 1. The smallest absolute Gasteiger partial charge is 0.355 e. The normalized spacial score (nSPS) is 17.3. The van der Waals surface area contributed by atoms with E-state index in [-0.39, 0.29) is 12.5 Å². The van der Waals surface area contributed by atoms with Gasteiger partial charge in [0.05, 0.1) is 5.69 Å². The first-order valence-electron chi connectivity index (χ1n) is 7.51. The van der Waals surface area contributed by atoms with E-state index in [1.807, 2.05) is 24.3 Å². The Labute approximate surface area is 139 Å². The standard InChI is InChI=1S/C17H18N2O3S/c1-12-8-10-19(14-6-2-3-7-15(14)23-12)16(20)11-22-17(21)13-5-4-9-18-13/h2-7,9,12,18H,8,10-11H2,1H3/t12-/m1/s1. The molecule has 3 rings (SSSR count). The molecule has 1 N–H and O–H groups in total. The lowest BCUT2D eigenvalue weighted by Crippen LogP contribution is -2.35. The molecule has 0 aliphatic carbocycles. The van der Waals surface area contributed by atoms with Gasteiger partial charge >= 0.3 is 5.97 Å². The molecule has 1 aliphatic heterocycles. The number of hydrogen-bond donors (Lipinski definition) is 1. The van der Waals surface area contributed by atoms with Gasteiger partial charge in [0.25, 0.3) is 5.91 Å². The number of anilines is 1. The van der Waals surface area contributed by atoms with E-state index in [0.29, 0.717) is 17.5 Å². The number of H-pyrrole nitrogens is 1. The highest BCUT2D eigenvalue weighted by molar-refractivity contribution is 8.00. The van der Waals surface area contributed by atoms with Crippen molar-refractivity contribution in [2.75, 3.05) is 18.1 Å². The highest BCUT2D eigenvalue weighted by atomic mass is 32.2. The first-order chi connectivity index (χ1) is 11.1. The Morgan fingerprint density at radius 1 is 1.30 bits per heavy atom. The van der Waals surface area contributed by atoms with Gasteiger partial charge in [0.1, 0.15) is 5.69 Å². The number of esters is 1. The third-order valence-corrected chi connectivity index (χ3v) is 4.93. The summed E-state index contributed by atoms with van der Waals surface area (Å²) in [6.45, 7) is 2.52. The molecule has 1 aromatic carbocycles. The molecule has 0 saturated heterocycles. The Bertz CT molecular complexity index is 700. The van der Waals surface area contributed by atoms with E-state index in [1.165, 1.54) is 0 Å². The van der Waals surface area contributed by atoms with Crippen LogP contribution in [0.15, 0.2) is 47.5 Å². The molecule has 0 unspecified atom stereocenters. The van der Waals surface area contributed by atoms with Crippen LogP contribution in [0, 0.1) is 0 Å². The first kappa shape index (κ1) is 15.7. The van der Waals surface area contributed by atoms with Gasteiger partial charge in [0.15, 0.2) is 6.61 Å². The van der Waals surface area contributed by atoms with Crippen molar-refractivity contribution in [2.45, 2.75) is 23.5 Å². The van der Waals surface area contributed by atoms with Gasteiger partial charge in [-0.2, -0.15) is 0 Å².